The van der Waals surface area contributed by atoms with Gasteiger partial charge in [-0.15, -0.1) is 0 Å². The molecule has 102 valence electrons. The van der Waals surface area contributed by atoms with E-state index in [9.17, 15) is 4.39 Å². The van der Waals surface area contributed by atoms with E-state index in [1.807, 2.05) is 6.07 Å². The van der Waals surface area contributed by atoms with Crippen molar-refractivity contribution < 1.29 is 9.13 Å². The number of ether oxygens (including phenoxy) is 1. The lowest BCUT2D eigenvalue weighted by Gasteiger charge is -2.14. The van der Waals surface area contributed by atoms with Crippen LogP contribution < -0.4 is 10.1 Å². The van der Waals surface area contributed by atoms with Crippen LogP contribution in [0.25, 0.3) is 0 Å². The quantitative estimate of drug-likeness (QED) is 0.805. The van der Waals surface area contributed by atoms with Gasteiger partial charge in [0.25, 0.3) is 0 Å². The molecule has 0 aliphatic heterocycles. The molecule has 0 saturated carbocycles. The first-order valence-electron chi connectivity index (χ1n) is 6.56. The lowest BCUT2D eigenvalue weighted by molar-refractivity contribution is 0.385. The Balaban J connectivity index is 2.44. The number of benzene rings is 1. The minimum atomic E-state index is -0.280. The van der Waals surface area contributed by atoms with E-state index >= 15 is 0 Å². The maximum Gasteiger partial charge on any atom is 0.165 e. The van der Waals surface area contributed by atoms with E-state index in [0.29, 0.717) is 17.6 Å². The SMILES string of the molecule is COc1ccc(CC(C)CNCC(C)C)cc1F. The summed E-state index contributed by atoms with van der Waals surface area (Å²) in [5.74, 6) is 1.19. The van der Waals surface area contributed by atoms with Crippen LogP contribution in [0.2, 0.25) is 0 Å². The van der Waals surface area contributed by atoms with Crippen LogP contribution in [0.4, 0.5) is 4.39 Å². The first-order valence-corrected chi connectivity index (χ1v) is 6.56. The van der Waals surface area contributed by atoms with Crippen molar-refractivity contribution in [3.05, 3.63) is 29.6 Å². The number of halogens is 1. The van der Waals surface area contributed by atoms with Gasteiger partial charge in [-0.1, -0.05) is 26.8 Å². The molecule has 0 fully saturated rings. The number of hydrogen-bond acceptors (Lipinski definition) is 2. The summed E-state index contributed by atoms with van der Waals surface area (Å²) in [6.45, 7) is 8.55. The molecule has 1 aromatic rings. The van der Waals surface area contributed by atoms with E-state index in [1.54, 1.807) is 12.1 Å². The minimum Gasteiger partial charge on any atom is -0.494 e. The molecule has 2 nitrogen and oxygen atoms in total. The molecule has 0 aromatic heterocycles. The topological polar surface area (TPSA) is 21.3 Å². The van der Waals surface area contributed by atoms with Crippen LogP contribution in [0.15, 0.2) is 18.2 Å². The van der Waals surface area contributed by atoms with Gasteiger partial charge in [-0.2, -0.15) is 0 Å². The highest BCUT2D eigenvalue weighted by Gasteiger charge is 2.07. The molecule has 1 N–H and O–H groups in total. The van der Waals surface area contributed by atoms with Gasteiger partial charge in [0.2, 0.25) is 0 Å². The molecule has 0 saturated heterocycles. The van der Waals surface area contributed by atoms with Gasteiger partial charge in [-0.25, -0.2) is 4.39 Å². The Kier molecular flexibility index (Phi) is 6.13. The van der Waals surface area contributed by atoms with Crippen LogP contribution >= 0.6 is 0 Å². The maximum atomic E-state index is 13.5. The highest BCUT2D eigenvalue weighted by atomic mass is 19.1. The van der Waals surface area contributed by atoms with Gasteiger partial charge >= 0.3 is 0 Å². The van der Waals surface area contributed by atoms with E-state index in [1.165, 1.54) is 7.11 Å². The van der Waals surface area contributed by atoms with Gasteiger partial charge in [-0.3, -0.25) is 0 Å². The van der Waals surface area contributed by atoms with E-state index < -0.39 is 0 Å². The third-order valence-corrected chi connectivity index (χ3v) is 2.85. The second kappa shape index (κ2) is 7.37. The Morgan fingerprint density at radius 1 is 1.22 bits per heavy atom. The molecule has 18 heavy (non-hydrogen) atoms. The van der Waals surface area contributed by atoms with E-state index in [0.717, 1.165) is 25.1 Å². The zero-order valence-corrected chi connectivity index (χ0v) is 11.8. The van der Waals surface area contributed by atoms with E-state index in [4.69, 9.17) is 4.74 Å². The smallest absolute Gasteiger partial charge is 0.165 e. The Morgan fingerprint density at radius 3 is 2.50 bits per heavy atom. The molecule has 0 spiro atoms. The van der Waals surface area contributed by atoms with Gasteiger partial charge < -0.3 is 10.1 Å². The molecule has 1 unspecified atom stereocenters. The molecule has 0 heterocycles. The summed E-state index contributed by atoms with van der Waals surface area (Å²) in [7, 11) is 1.48. The summed E-state index contributed by atoms with van der Waals surface area (Å²) in [5, 5.41) is 3.42. The lowest BCUT2D eigenvalue weighted by atomic mass is 10.0. The van der Waals surface area contributed by atoms with Crippen molar-refractivity contribution in [3.8, 4) is 5.75 Å². The van der Waals surface area contributed by atoms with E-state index in [2.05, 4.69) is 26.1 Å². The molecule has 0 aliphatic rings. The largest absolute Gasteiger partial charge is 0.494 e. The standard InChI is InChI=1S/C15H24FNO/c1-11(2)9-17-10-12(3)7-13-5-6-15(18-4)14(16)8-13/h5-6,8,11-12,17H,7,9-10H2,1-4H3. The van der Waals surface area contributed by atoms with Gasteiger partial charge in [0.05, 0.1) is 7.11 Å². The third kappa shape index (κ3) is 5.05. The molecular formula is C15H24FNO. The number of rotatable bonds is 7. The number of nitrogens with one attached hydrogen (secondary N) is 1. The molecule has 1 aromatic carbocycles. The maximum absolute atomic E-state index is 13.5. The van der Waals surface area contributed by atoms with Crippen molar-refractivity contribution >= 4 is 0 Å². The molecular weight excluding hydrogens is 229 g/mol. The first-order chi connectivity index (χ1) is 8.52. The Morgan fingerprint density at radius 2 is 1.94 bits per heavy atom. The predicted molar refractivity (Wildman–Crippen MR) is 73.5 cm³/mol. The van der Waals surface area contributed by atoms with Gasteiger partial charge in [-0.05, 0) is 49.0 Å². The van der Waals surface area contributed by atoms with Gasteiger partial charge in [0.15, 0.2) is 11.6 Å². The second-order valence-corrected chi connectivity index (χ2v) is 5.33. The first kappa shape index (κ1) is 15.0. The summed E-state index contributed by atoms with van der Waals surface area (Å²) < 4.78 is 18.4. The normalized spacial score (nSPS) is 12.8. The van der Waals surface area contributed by atoms with Crippen LogP contribution in [0.3, 0.4) is 0 Å². The van der Waals surface area contributed by atoms with Crippen molar-refractivity contribution in [2.24, 2.45) is 11.8 Å². The van der Waals surface area contributed by atoms with Gasteiger partial charge in [0.1, 0.15) is 0 Å². The van der Waals surface area contributed by atoms with Crippen LogP contribution in [-0.4, -0.2) is 20.2 Å². The number of hydrogen-bond donors (Lipinski definition) is 1. The lowest BCUT2D eigenvalue weighted by Crippen LogP contribution is -2.26. The third-order valence-electron chi connectivity index (χ3n) is 2.85. The van der Waals surface area contributed by atoms with Crippen molar-refractivity contribution in [1.29, 1.82) is 0 Å². The van der Waals surface area contributed by atoms with Crippen molar-refractivity contribution in [3.63, 3.8) is 0 Å². The molecule has 0 amide bonds. The van der Waals surface area contributed by atoms with Gasteiger partial charge in [0, 0.05) is 0 Å². The fourth-order valence-electron chi connectivity index (χ4n) is 1.93. The van der Waals surface area contributed by atoms with Crippen molar-refractivity contribution in [1.82, 2.24) is 5.32 Å². The summed E-state index contributed by atoms with van der Waals surface area (Å²) in [5.41, 5.74) is 1.02. The Bertz CT molecular complexity index is 366. The fraction of sp³-hybridized carbons (Fsp3) is 0.600. The molecule has 3 heteroatoms. The predicted octanol–water partition coefficient (Wildman–Crippen LogP) is 3.26. The highest BCUT2D eigenvalue weighted by Crippen LogP contribution is 2.19. The van der Waals surface area contributed by atoms with Crippen LogP contribution in [0.5, 0.6) is 5.75 Å². The number of methoxy groups -OCH3 is 1. The van der Waals surface area contributed by atoms with Crippen LogP contribution in [0.1, 0.15) is 26.3 Å². The van der Waals surface area contributed by atoms with Crippen LogP contribution in [0, 0.1) is 17.7 Å². The molecule has 0 bridgehead atoms. The molecule has 1 atom stereocenters. The summed E-state index contributed by atoms with van der Waals surface area (Å²) >= 11 is 0. The van der Waals surface area contributed by atoms with Crippen LogP contribution in [-0.2, 0) is 6.42 Å². The monoisotopic (exact) mass is 253 g/mol. The molecule has 1 rings (SSSR count). The molecule has 0 radical (unpaired) electrons. The summed E-state index contributed by atoms with van der Waals surface area (Å²) in [6, 6.07) is 5.19. The summed E-state index contributed by atoms with van der Waals surface area (Å²) in [4.78, 5) is 0. The van der Waals surface area contributed by atoms with E-state index in [-0.39, 0.29) is 5.82 Å². The Hall–Kier alpha value is -1.09. The highest BCUT2D eigenvalue weighted by molar-refractivity contribution is 5.29. The fourth-order valence-corrected chi connectivity index (χ4v) is 1.93. The Labute approximate surface area is 110 Å². The average Bonchev–Trinajstić information content (AvgIpc) is 2.28. The minimum absolute atomic E-state index is 0.280. The zero-order valence-electron chi connectivity index (χ0n) is 11.8. The molecule has 0 aliphatic carbocycles. The summed E-state index contributed by atoms with van der Waals surface area (Å²) in [6.07, 6.45) is 0.881. The average molecular weight is 253 g/mol. The van der Waals surface area contributed by atoms with Crippen molar-refractivity contribution in [2.45, 2.75) is 27.2 Å². The second-order valence-electron chi connectivity index (χ2n) is 5.33. The zero-order chi connectivity index (χ0) is 13.5. The van der Waals surface area contributed by atoms with Crippen molar-refractivity contribution in [2.75, 3.05) is 20.2 Å².